The van der Waals surface area contributed by atoms with Crippen LogP contribution in [-0.4, -0.2) is 53.8 Å². The molecular formula is C20H28N2O4. The number of esters is 1. The fraction of sp³-hybridized carbons (Fsp3) is 0.750. The number of allylic oxidation sites excluding steroid dienone is 1. The second kappa shape index (κ2) is 6.71. The molecule has 6 nitrogen and oxygen atoms in total. The van der Waals surface area contributed by atoms with Crippen molar-refractivity contribution in [3.05, 3.63) is 11.3 Å². The zero-order valence-electron chi connectivity index (χ0n) is 15.6. The van der Waals surface area contributed by atoms with E-state index in [1.54, 1.807) is 0 Å². The van der Waals surface area contributed by atoms with Crippen molar-refractivity contribution in [3.8, 4) is 0 Å². The van der Waals surface area contributed by atoms with Gasteiger partial charge in [0.05, 0.1) is 6.61 Å². The summed E-state index contributed by atoms with van der Waals surface area (Å²) in [6, 6.07) is 0. The molecule has 0 aromatic rings. The third-order valence-electron chi connectivity index (χ3n) is 6.53. The number of carbonyl (C=O) groups excluding carboxylic acids is 3. The van der Waals surface area contributed by atoms with Crippen LogP contribution in [0.15, 0.2) is 11.3 Å². The summed E-state index contributed by atoms with van der Waals surface area (Å²) in [6.45, 7) is 4.41. The summed E-state index contributed by atoms with van der Waals surface area (Å²) in [5, 5.41) is 0. The molecule has 26 heavy (non-hydrogen) atoms. The van der Waals surface area contributed by atoms with Gasteiger partial charge in [-0.05, 0) is 57.4 Å². The average molecular weight is 360 g/mol. The summed E-state index contributed by atoms with van der Waals surface area (Å²) < 4.78 is 5.43. The van der Waals surface area contributed by atoms with Crippen LogP contribution in [0.4, 0.5) is 0 Å². The molecule has 0 aromatic carbocycles. The van der Waals surface area contributed by atoms with E-state index in [0.29, 0.717) is 26.0 Å². The van der Waals surface area contributed by atoms with Gasteiger partial charge in [0, 0.05) is 37.7 Å². The number of likely N-dealkylation sites (tertiary alicyclic amines) is 1. The number of nitrogens with zero attached hydrogens (tertiary/aromatic N) is 2. The van der Waals surface area contributed by atoms with Gasteiger partial charge in [0.1, 0.15) is 5.41 Å². The Morgan fingerprint density at radius 1 is 1.15 bits per heavy atom. The third kappa shape index (κ3) is 2.65. The van der Waals surface area contributed by atoms with Crippen molar-refractivity contribution in [2.75, 3.05) is 26.2 Å². The highest BCUT2D eigenvalue weighted by molar-refractivity contribution is 5.93. The number of amides is 2. The van der Waals surface area contributed by atoms with Crippen LogP contribution >= 0.6 is 0 Å². The van der Waals surface area contributed by atoms with Gasteiger partial charge in [-0.2, -0.15) is 0 Å². The first-order valence-corrected chi connectivity index (χ1v) is 10.1. The lowest BCUT2D eigenvalue weighted by molar-refractivity contribution is -0.161. The monoisotopic (exact) mass is 360 g/mol. The van der Waals surface area contributed by atoms with Crippen LogP contribution in [0.25, 0.3) is 0 Å². The van der Waals surface area contributed by atoms with Gasteiger partial charge in [0.15, 0.2) is 0 Å². The Morgan fingerprint density at radius 2 is 1.92 bits per heavy atom. The maximum absolute atomic E-state index is 13.1. The van der Waals surface area contributed by atoms with Crippen LogP contribution in [0.2, 0.25) is 0 Å². The van der Waals surface area contributed by atoms with Gasteiger partial charge in [0.25, 0.3) is 0 Å². The lowest BCUT2D eigenvalue weighted by Gasteiger charge is -2.46. The van der Waals surface area contributed by atoms with Gasteiger partial charge in [-0.25, -0.2) is 0 Å². The minimum absolute atomic E-state index is 0.0339. The van der Waals surface area contributed by atoms with Crippen LogP contribution in [0.5, 0.6) is 0 Å². The van der Waals surface area contributed by atoms with Crippen molar-refractivity contribution < 1.29 is 19.1 Å². The maximum atomic E-state index is 13.1. The Morgan fingerprint density at radius 3 is 2.65 bits per heavy atom. The van der Waals surface area contributed by atoms with Gasteiger partial charge < -0.3 is 14.5 Å². The van der Waals surface area contributed by atoms with Crippen molar-refractivity contribution in [1.82, 2.24) is 9.80 Å². The summed E-state index contributed by atoms with van der Waals surface area (Å²) in [6.07, 6.45) is 6.23. The molecule has 0 N–H and O–H groups in total. The van der Waals surface area contributed by atoms with Gasteiger partial charge in [-0.1, -0.05) is 0 Å². The number of hydrogen-bond acceptors (Lipinski definition) is 4. The molecule has 2 amide bonds. The lowest BCUT2D eigenvalue weighted by Crippen LogP contribution is -2.53. The largest absolute Gasteiger partial charge is 0.465 e. The molecule has 2 atom stereocenters. The number of carbonyl (C=O) groups is 3. The molecule has 2 saturated heterocycles. The van der Waals surface area contributed by atoms with Gasteiger partial charge >= 0.3 is 5.97 Å². The number of hydrogen-bond donors (Lipinski definition) is 0. The second-order valence-electron chi connectivity index (χ2n) is 8.04. The Hall–Kier alpha value is -1.85. The van der Waals surface area contributed by atoms with E-state index < -0.39 is 11.3 Å². The average Bonchev–Trinajstić information content (AvgIpc) is 3.29. The minimum Gasteiger partial charge on any atom is -0.465 e. The van der Waals surface area contributed by atoms with Gasteiger partial charge in [0.2, 0.25) is 11.8 Å². The van der Waals surface area contributed by atoms with Crippen LogP contribution in [0.3, 0.4) is 0 Å². The molecule has 2 fully saturated rings. The van der Waals surface area contributed by atoms with E-state index in [1.165, 1.54) is 5.57 Å². The number of ether oxygens (including phenoxy) is 1. The molecule has 1 aliphatic carbocycles. The maximum Gasteiger partial charge on any atom is 0.318 e. The Labute approximate surface area is 154 Å². The van der Waals surface area contributed by atoms with Crippen molar-refractivity contribution >= 4 is 17.8 Å². The van der Waals surface area contributed by atoms with E-state index in [4.69, 9.17) is 4.74 Å². The van der Waals surface area contributed by atoms with Crippen LogP contribution in [-0.2, 0) is 19.1 Å². The van der Waals surface area contributed by atoms with Crippen LogP contribution in [0.1, 0.15) is 58.3 Å². The molecule has 0 radical (unpaired) electrons. The smallest absolute Gasteiger partial charge is 0.318 e. The lowest BCUT2D eigenvalue weighted by atomic mass is 9.71. The molecule has 4 rings (SSSR count). The van der Waals surface area contributed by atoms with E-state index in [2.05, 4.69) is 0 Å². The fourth-order valence-electron chi connectivity index (χ4n) is 5.36. The standard InChI is InChI=1S/C20H28N2O4/c1-2-26-19(25)20-8-7-14-6-5-11-22(17(14)20)18(24)15(13-20)12-16(23)21-9-3-4-10-21/h15H,2-13H2,1H3/t15-,20-/m1/s1. The van der Waals surface area contributed by atoms with Crippen molar-refractivity contribution in [3.63, 3.8) is 0 Å². The Balaban J connectivity index is 1.63. The first-order valence-electron chi connectivity index (χ1n) is 10.1. The predicted octanol–water partition coefficient (Wildman–Crippen LogP) is 2.24. The molecule has 0 unspecified atom stereocenters. The highest BCUT2D eigenvalue weighted by atomic mass is 16.5. The van der Waals surface area contributed by atoms with Crippen molar-refractivity contribution in [1.29, 1.82) is 0 Å². The molecule has 142 valence electrons. The predicted molar refractivity (Wildman–Crippen MR) is 94.8 cm³/mol. The molecule has 0 bridgehead atoms. The van der Waals surface area contributed by atoms with E-state index in [0.717, 1.165) is 50.9 Å². The second-order valence-corrected chi connectivity index (χ2v) is 8.04. The number of piperidine rings is 1. The van der Waals surface area contributed by atoms with Crippen molar-refractivity contribution in [2.24, 2.45) is 11.3 Å². The molecular weight excluding hydrogens is 332 g/mol. The molecule has 0 spiro atoms. The highest BCUT2D eigenvalue weighted by Crippen LogP contribution is 2.55. The summed E-state index contributed by atoms with van der Waals surface area (Å²) in [7, 11) is 0. The quantitative estimate of drug-likeness (QED) is 0.721. The van der Waals surface area contributed by atoms with Gasteiger partial charge in [-0.15, -0.1) is 0 Å². The molecule has 0 saturated carbocycles. The van der Waals surface area contributed by atoms with Gasteiger partial charge in [-0.3, -0.25) is 14.4 Å². The zero-order chi connectivity index (χ0) is 18.3. The van der Waals surface area contributed by atoms with Crippen molar-refractivity contribution in [2.45, 2.75) is 58.3 Å². The van der Waals surface area contributed by atoms with E-state index >= 15 is 0 Å². The summed E-state index contributed by atoms with van der Waals surface area (Å²) in [4.78, 5) is 42.4. The molecule has 3 aliphatic heterocycles. The molecule has 6 heteroatoms. The van der Waals surface area contributed by atoms with E-state index in [-0.39, 0.29) is 24.2 Å². The SMILES string of the molecule is CCOC(=O)[C@@]12CCC3=C1N(CCC3)C(=O)[C@H](CC(=O)N1CCCC1)C2. The Kier molecular flexibility index (Phi) is 4.53. The van der Waals surface area contributed by atoms with E-state index in [9.17, 15) is 14.4 Å². The molecule has 3 heterocycles. The Bertz CT molecular complexity index is 665. The molecule has 0 aromatic heterocycles. The number of rotatable bonds is 4. The zero-order valence-corrected chi connectivity index (χ0v) is 15.6. The van der Waals surface area contributed by atoms with Crippen LogP contribution < -0.4 is 0 Å². The summed E-state index contributed by atoms with van der Waals surface area (Å²) in [5.41, 5.74) is 1.47. The third-order valence-corrected chi connectivity index (χ3v) is 6.53. The topological polar surface area (TPSA) is 66.9 Å². The summed E-state index contributed by atoms with van der Waals surface area (Å²) in [5.74, 6) is -0.522. The molecule has 4 aliphatic rings. The van der Waals surface area contributed by atoms with E-state index in [1.807, 2.05) is 16.7 Å². The minimum atomic E-state index is -0.713. The fourth-order valence-corrected chi connectivity index (χ4v) is 5.36. The highest BCUT2D eigenvalue weighted by Gasteiger charge is 2.58. The first-order chi connectivity index (χ1) is 12.6. The summed E-state index contributed by atoms with van der Waals surface area (Å²) >= 11 is 0. The first kappa shape index (κ1) is 17.6. The van der Waals surface area contributed by atoms with Crippen LogP contribution in [0, 0.1) is 11.3 Å². The normalized spacial score (nSPS) is 30.7.